The number of halogens is 2. The Kier molecular flexibility index (Phi) is 6.44. The van der Waals surface area contributed by atoms with Crippen LogP contribution in [-0.2, 0) is 0 Å². The van der Waals surface area contributed by atoms with Gasteiger partial charge in [-0.15, -0.1) is 0 Å². The van der Waals surface area contributed by atoms with E-state index in [-0.39, 0.29) is 23.7 Å². The normalized spacial score (nSPS) is 21.9. The molecule has 3 atom stereocenters. The minimum Gasteiger partial charge on any atom is -0.491 e. The number of aliphatic hydroxyl groups is 1. The van der Waals surface area contributed by atoms with Gasteiger partial charge in [-0.1, -0.05) is 11.6 Å². The van der Waals surface area contributed by atoms with Crippen LogP contribution in [0, 0.1) is 5.82 Å². The summed E-state index contributed by atoms with van der Waals surface area (Å²) in [6, 6.07) is 4.21. The first-order chi connectivity index (χ1) is 10.9. The number of aliphatic hydroxyl groups excluding tert-OH is 1. The molecule has 6 nitrogen and oxygen atoms in total. The lowest BCUT2D eigenvalue weighted by Gasteiger charge is -2.17. The molecular formula is C15H20ClFN2O4. The second-order valence-corrected chi connectivity index (χ2v) is 6.01. The Morgan fingerprint density at radius 3 is 2.87 bits per heavy atom. The number of nitrogens with one attached hydrogen (secondary N) is 2. The molecule has 1 aromatic rings. The molecule has 1 aliphatic carbocycles. The van der Waals surface area contributed by atoms with Gasteiger partial charge >= 0.3 is 6.09 Å². The van der Waals surface area contributed by atoms with E-state index in [2.05, 4.69) is 10.6 Å². The van der Waals surface area contributed by atoms with Crippen LogP contribution < -0.4 is 15.4 Å². The van der Waals surface area contributed by atoms with Gasteiger partial charge in [0.1, 0.15) is 24.3 Å². The predicted octanol–water partition coefficient (Wildman–Crippen LogP) is 2.00. The van der Waals surface area contributed by atoms with Crippen molar-refractivity contribution in [3.63, 3.8) is 0 Å². The molecule has 0 heterocycles. The van der Waals surface area contributed by atoms with Gasteiger partial charge in [0.25, 0.3) is 0 Å². The van der Waals surface area contributed by atoms with Gasteiger partial charge in [0.15, 0.2) is 0 Å². The third-order valence-corrected chi connectivity index (χ3v) is 4.04. The molecule has 1 fully saturated rings. The third kappa shape index (κ3) is 5.85. The molecule has 1 aromatic carbocycles. The molecule has 23 heavy (non-hydrogen) atoms. The maximum atomic E-state index is 13.2. The van der Waals surface area contributed by atoms with Crippen LogP contribution >= 0.6 is 11.6 Å². The fraction of sp³-hybridized carbons (Fsp3) is 0.533. The molecule has 1 aliphatic rings. The smallest absolute Gasteiger partial charge is 0.404 e. The first-order valence-corrected chi connectivity index (χ1v) is 7.80. The Labute approximate surface area is 138 Å². The molecule has 8 heteroatoms. The van der Waals surface area contributed by atoms with E-state index in [1.54, 1.807) is 0 Å². The number of amides is 1. The Hall–Kier alpha value is -1.57. The molecule has 128 valence electrons. The number of hydrogen-bond donors (Lipinski definition) is 4. The molecule has 1 unspecified atom stereocenters. The largest absolute Gasteiger partial charge is 0.491 e. The van der Waals surface area contributed by atoms with E-state index in [0.717, 1.165) is 12.8 Å². The summed E-state index contributed by atoms with van der Waals surface area (Å²) in [5.74, 6) is -0.266. The Bertz CT molecular complexity index is 546. The zero-order valence-corrected chi connectivity index (χ0v) is 13.2. The zero-order valence-electron chi connectivity index (χ0n) is 12.5. The molecule has 1 saturated carbocycles. The van der Waals surface area contributed by atoms with Crippen molar-refractivity contribution in [2.45, 2.75) is 37.5 Å². The second-order valence-electron chi connectivity index (χ2n) is 5.61. The van der Waals surface area contributed by atoms with Crippen LogP contribution in [0.5, 0.6) is 5.75 Å². The Balaban J connectivity index is 1.66. The Morgan fingerprint density at radius 1 is 1.43 bits per heavy atom. The molecule has 0 aromatic heterocycles. The lowest BCUT2D eigenvalue weighted by Crippen LogP contribution is -2.38. The highest BCUT2D eigenvalue weighted by molar-refractivity contribution is 6.30. The fourth-order valence-electron chi connectivity index (χ4n) is 2.59. The highest BCUT2D eigenvalue weighted by atomic mass is 35.5. The lowest BCUT2D eigenvalue weighted by atomic mass is 10.2. The van der Waals surface area contributed by atoms with Crippen LogP contribution in [0.3, 0.4) is 0 Å². The van der Waals surface area contributed by atoms with E-state index in [4.69, 9.17) is 21.4 Å². The van der Waals surface area contributed by atoms with Gasteiger partial charge < -0.3 is 25.6 Å². The van der Waals surface area contributed by atoms with Crippen LogP contribution in [0.15, 0.2) is 18.2 Å². The van der Waals surface area contributed by atoms with E-state index < -0.39 is 18.0 Å². The SMILES string of the molecule is O=C(O)N[C@H]1CC[C@H](NCC(O)COc2ccc(Cl)c(F)c2)C1. The maximum absolute atomic E-state index is 13.2. The van der Waals surface area contributed by atoms with Crippen molar-refractivity contribution < 1.29 is 24.1 Å². The van der Waals surface area contributed by atoms with Crippen LogP contribution in [0.2, 0.25) is 5.02 Å². The van der Waals surface area contributed by atoms with E-state index in [1.165, 1.54) is 18.2 Å². The second kappa shape index (κ2) is 8.33. The van der Waals surface area contributed by atoms with Crippen molar-refractivity contribution in [1.29, 1.82) is 0 Å². The number of ether oxygens (including phenoxy) is 1. The van der Waals surface area contributed by atoms with Crippen molar-refractivity contribution in [3.05, 3.63) is 29.0 Å². The molecule has 4 N–H and O–H groups in total. The minimum absolute atomic E-state index is 0.0188. The summed E-state index contributed by atoms with van der Waals surface area (Å²) in [4.78, 5) is 10.6. The van der Waals surface area contributed by atoms with Gasteiger partial charge in [-0.05, 0) is 31.4 Å². The monoisotopic (exact) mass is 346 g/mol. The zero-order chi connectivity index (χ0) is 16.8. The molecule has 0 saturated heterocycles. The molecule has 0 radical (unpaired) electrons. The average molecular weight is 347 g/mol. The Morgan fingerprint density at radius 2 is 2.17 bits per heavy atom. The first-order valence-electron chi connectivity index (χ1n) is 7.43. The summed E-state index contributed by atoms with van der Waals surface area (Å²) < 4.78 is 18.6. The standard InChI is InChI=1S/C15H20ClFN2O4/c16-13-4-3-12(6-14(13)17)23-8-11(20)7-18-9-1-2-10(5-9)19-15(21)22/h3-4,6,9-11,18-20H,1-2,5,7-8H2,(H,21,22)/t9-,10-,11?/m0/s1. The summed E-state index contributed by atoms with van der Waals surface area (Å²) in [6.07, 6.45) is 0.559. The van der Waals surface area contributed by atoms with Crippen molar-refractivity contribution in [3.8, 4) is 5.75 Å². The highest BCUT2D eigenvalue weighted by Gasteiger charge is 2.25. The van der Waals surface area contributed by atoms with Crippen molar-refractivity contribution in [2.75, 3.05) is 13.2 Å². The van der Waals surface area contributed by atoms with Gasteiger partial charge in [0, 0.05) is 24.7 Å². The summed E-state index contributed by atoms with van der Waals surface area (Å²) in [6.45, 7) is 0.345. The number of carboxylic acid groups (broad SMARTS) is 1. The van der Waals surface area contributed by atoms with Crippen LogP contribution in [-0.4, -0.2) is 47.6 Å². The van der Waals surface area contributed by atoms with Crippen LogP contribution in [0.25, 0.3) is 0 Å². The fourth-order valence-corrected chi connectivity index (χ4v) is 2.71. The van der Waals surface area contributed by atoms with E-state index in [1.807, 2.05) is 0 Å². The van der Waals surface area contributed by atoms with Gasteiger partial charge in [-0.25, -0.2) is 9.18 Å². The third-order valence-electron chi connectivity index (χ3n) is 3.74. The number of rotatable bonds is 7. The summed E-state index contributed by atoms with van der Waals surface area (Å²) >= 11 is 5.58. The van der Waals surface area contributed by atoms with Gasteiger partial charge in [0.2, 0.25) is 0 Å². The molecule has 0 aliphatic heterocycles. The van der Waals surface area contributed by atoms with Gasteiger partial charge in [-0.3, -0.25) is 0 Å². The number of hydrogen-bond acceptors (Lipinski definition) is 4. The molecule has 0 spiro atoms. The number of benzene rings is 1. The minimum atomic E-state index is -1.01. The van der Waals surface area contributed by atoms with Crippen LogP contribution in [0.1, 0.15) is 19.3 Å². The van der Waals surface area contributed by atoms with E-state index >= 15 is 0 Å². The lowest BCUT2D eigenvalue weighted by molar-refractivity contribution is 0.103. The topological polar surface area (TPSA) is 90.8 Å². The van der Waals surface area contributed by atoms with Crippen molar-refractivity contribution >= 4 is 17.7 Å². The molecule has 0 bridgehead atoms. The summed E-state index contributed by atoms with van der Waals surface area (Å²) in [7, 11) is 0. The quantitative estimate of drug-likeness (QED) is 0.606. The van der Waals surface area contributed by atoms with Gasteiger partial charge in [-0.2, -0.15) is 0 Å². The molecule has 2 rings (SSSR count). The summed E-state index contributed by atoms with van der Waals surface area (Å²) in [5.41, 5.74) is 0. The van der Waals surface area contributed by atoms with Crippen molar-refractivity contribution in [2.24, 2.45) is 0 Å². The molecular weight excluding hydrogens is 327 g/mol. The van der Waals surface area contributed by atoms with E-state index in [0.29, 0.717) is 18.7 Å². The average Bonchev–Trinajstić information content (AvgIpc) is 2.93. The number of carbonyl (C=O) groups is 1. The van der Waals surface area contributed by atoms with Crippen molar-refractivity contribution in [1.82, 2.24) is 10.6 Å². The van der Waals surface area contributed by atoms with Crippen LogP contribution in [0.4, 0.5) is 9.18 Å². The van der Waals surface area contributed by atoms with E-state index in [9.17, 15) is 14.3 Å². The summed E-state index contributed by atoms with van der Waals surface area (Å²) in [5, 5.41) is 24.2. The highest BCUT2D eigenvalue weighted by Crippen LogP contribution is 2.21. The molecule has 1 amide bonds. The first kappa shape index (κ1) is 17.8. The van der Waals surface area contributed by atoms with Gasteiger partial charge in [0.05, 0.1) is 5.02 Å². The predicted molar refractivity (Wildman–Crippen MR) is 83.5 cm³/mol. The maximum Gasteiger partial charge on any atom is 0.404 e.